The number of carbonyl (C=O) groups is 1. The van der Waals surface area contributed by atoms with Gasteiger partial charge >= 0.3 is 0 Å². The Morgan fingerprint density at radius 2 is 2.40 bits per heavy atom. The Hall–Kier alpha value is -1.56. The molecular formula is C9H13N3O2S. The highest BCUT2D eigenvalue weighted by atomic mass is 32.1. The Bertz CT molecular complexity index is 373. The van der Waals surface area contributed by atoms with E-state index in [0.29, 0.717) is 6.54 Å². The van der Waals surface area contributed by atoms with E-state index >= 15 is 0 Å². The summed E-state index contributed by atoms with van der Waals surface area (Å²) in [5, 5.41) is 17.7. The smallest absolute Gasteiger partial charge is 0.227 e. The first-order valence-corrected chi connectivity index (χ1v) is 5.32. The van der Waals surface area contributed by atoms with Crippen molar-refractivity contribution in [2.45, 2.75) is 19.9 Å². The van der Waals surface area contributed by atoms with Crippen LogP contribution < -0.4 is 11.1 Å². The number of hydrogen-bond donors (Lipinski definition) is 3. The van der Waals surface area contributed by atoms with E-state index in [4.69, 9.17) is 10.9 Å². The molecule has 82 valence electrons. The number of hydrogen-bond acceptors (Lipinski definition) is 4. The van der Waals surface area contributed by atoms with Gasteiger partial charge in [-0.2, -0.15) is 11.3 Å². The van der Waals surface area contributed by atoms with Gasteiger partial charge in [-0.05, 0) is 28.8 Å². The lowest BCUT2D eigenvalue weighted by atomic mass is 10.2. The van der Waals surface area contributed by atoms with E-state index < -0.39 is 0 Å². The Morgan fingerprint density at radius 1 is 1.67 bits per heavy atom. The van der Waals surface area contributed by atoms with Crippen molar-refractivity contribution in [1.82, 2.24) is 5.32 Å². The SMILES string of the molecule is Cc1cscc1CNC(=O)CC(N)=NO. The van der Waals surface area contributed by atoms with Gasteiger partial charge in [0.05, 0.1) is 6.42 Å². The number of thiophene rings is 1. The van der Waals surface area contributed by atoms with Crippen LogP contribution in [0.2, 0.25) is 0 Å². The molecule has 1 aromatic rings. The molecule has 0 fully saturated rings. The lowest BCUT2D eigenvalue weighted by Crippen LogP contribution is -2.28. The molecule has 1 aromatic heterocycles. The highest BCUT2D eigenvalue weighted by Gasteiger charge is 2.05. The van der Waals surface area contributed by atoms with Crippen LogP contribution in [0.3, 0.4) is 0 Å². The molecule has 0 aliphatic carbocycles. The number of nitrogens with two attached hydrogens (primary N) is 1. The quantitative estimate of drug-likeness (QED) is 0.308. The van der Waals surface area contributed by atoms with Crippen LogP contribution in [0.5, 0.6) is 0 Å². The Balaban J connectivity index is 2.38. The third kappa shape index (κ3) is 3.59. The maximum Gasteiger partial charge on any atom is 0.227 e. The van der Waals surface area contributed by atoms with Crippen molar-refractivity contribution in [3.8, 4) is 0 Å². The molecule has 1 rings (SSSR count). The Labute approximate surface area is 91.6 Å². The fourth-order valence-corrected chi connectivity index (χ4v) is 1.88. The van der Waals surface area contributed by atoms with E-state index in [1.807, 2.05) is 17.7 Å². The summed E-state index contributed by atoms with van der Waals surface area (Å²) >= 11 is 1.60. The van der Waals surface area contributed by atoms with Crippen LogP contribution in [0.1, 0.15) is 17.5 Å². The topological polar surface area (TPSA) is 87.7 Å². The molecule has 1 heterocycles. The van der Waals surface area contributed by atoms with Crippen LogP contribution in [0.25, 0.3) is 0 Å². The van der Waals surface area contributed by atoms with Crippen molar-refractivity contribution in [1.29, 1.82) is 0 Å². The average molecular weight is 227 g/mol. The van der Waals surface area contributed by atoms with E-state index in [2.05, 4.69) is 10.5 Å². The van der Waals surface area contributed by atoms with Gasteiger partial charge in [0.15, 0.2) is 0 Å². The third-order valence-corrected chi connectivity index (χ3v) is 2.82. The molecule has 1 amide bonds. The molecule has 5 nitrogen and oxygen atoms in total. The molecule has 0 spiro atoms. The summed E-state index contributed by atoms with van der Waals surface area (Å²) in [5.74, 6) is -0.342. The fraction of sp³-hybridized carbons (Fsp3) is 0.333. The lowest BCUT2D eigenvalue weighted by Gasteiger charge is -2.03. The van der Waals surface area contributed by atoms with E-state index in [-0.39, 0.29) is 18.2 Å². The van der Waals surface area contributed by atoms with Gasteiger partial charge in [-0.15, -0.1) is 0 Å². The first kappa shape index (κ1) is 11.5. The average Bonchev–Trinajstić information content (AvgIpc) is 2.61. The zero-order chi connectivity index (χ0) is 11.3. The molecule has 15 heavy (non-hydrogen) atoms. The molecule has 0 atom stereocenters. The predicted octanol–water partition coefficient (Wildman–Crippen LogP) is 0.809. The van der Waals surface area contributed by atoms with E-state index in [9.17, 15) is 4.79 Å². The second-order valence-electron chi connectivity index (χ2n) is 3.12. The van der Waals surface area contributed by atoms with Crippen molar-refractivity contribution in [2.24, 2.45) is 10.9 Å². The summed E-state index contributed by atoms with van der Waals surface area (Å²) < 4.78 is 0. The summed E-state index contributed by atoms with van der Waals surface area (Å²) in [4.78, 5) is 11.2. The molecule has 0 aliphatic heterocycles. The maximum atomic E-state index is 11.2. The van der Waals surface area contributed by atoms with Crippen LogP contribution in [0, 0.1) is 6.92 Å². The molecule has 0 radical (unpaired) electrons. The van der Waals surface area contributed by atoms with Gasteiger partial charge < -0.3 is 16.3 Å². The van der Waals surface area contributed by atoms with Gasteiger partial charge in [0.2, 0.25) is 5.91 Å². The zero-order valence-electron chi connectivity index (χ0n) is 8.36. The predicted molar refractivity (Wildman–Crippen MR) is 58.9 cm³/mol. The summed E-state index contributed by atoms with van der Waals surface area (Å²) in [7, 11) is 0. The van der Waals surface area contributed by atoms with Gasteiger partial charge in [-0.25, -0.2) is 0 Å². The van der Waals surface area contributed by atoms with Gasteiger partial charge in [0.25, 0.3) is 0 Å². The molecule has 0 bridgehead atoms. The number of amidine groups is 1. The van der Waals surface area contributed by atoms with Crippen LogP contribution in [-0.2, 0) is 11.3 Å². The third-order valence-electron chi connectivity index (χ3n) is 1.91. The molecular weight excluding hydrogens is 214 g/mol. The minimum absolute atomic E-state index is 0.0836. The number of aryl methyl sites for hydroxylation is 1. The maximum absolute atomic E-state index is 11.2. The van der Waals surface area contributed by atoms with Crippen LogP contribution in [-0.4, -0.2) is 17.0 Å². The number of nitrogens with one attached hydrogen (secondary N) is 1. The van der Waals surface area contributed by atoms with Crippen molar-refractivity contribution in [3.63, 3.8) is 0 Å². The Morgan fingerprint density at radius 3 is 2.93 bits per heavy atom. The number of rotatable bonds is 4. The summed E-state index contributed by atoms with van der Waals surface area (Å²) in [6.45, 7) is 2.47. The highest BCUT2D eigenvalue weighted by Crippen LogP contribution is 2.12. The van der Waals surface area contributed by atoms with Gasteiger partial charge in [0.1, 0.15) is 5.84 Å². The molecule has 0 unspecified atom stereocenters. The van der Waals surface area contributed by atoms with E-state index in [1.54, 1.807) is 11.3 Å². The Kier molecular flexibility index (Phi) is 4.11. The van der Waals surface area contributed by atoms with Crippen molar-refractivity contribution < 1.29 is 10.0 Å². The van der Waals surface area contributed by atoms with E-state index in [0.717, 1.165) is 11.1 Å². The highest BCUT2D eigenvalue weighted by molar-refractivity contribution is 7.08. The first-order chi connectivity index (χ1) is 7.13. The molecule has 4 N–H and O–H groups in total. The number of oxime groups is 1. The van der Waals surface area contributed by atoms with Gasteiger partial charge in [-0.1, -0.05) is 5.16 Å². The van der Waals surface area contributed by atoms with Crippen molar-refractivity contribution >= 4 is 23.1 Å². The normalized spacial score (nSPS) is 11.4. The van der Waals surface area contributed by atoms with E-state index in [1.165, 1.54) is 0 Å². The second kappa shape index (κ2) is 5.35. The number of carbonyl (C=O) groups excluding carboxylic acids is 1. The monoisotopic (exact) mass is 227 g/mol. The summed E-state index contributed by atoms with van der Waals surface area (Å²) in [5.41, 5.74) is 7.44. The summed E-state index contributed by atoms with van der Waals surface area (Å²) in [6.07, 6.45) is -0.0836. The standard InChI is InChI=1S/C9H13N3O2S/c1-6-4-15-5-7(6)3-11-9(13)2-8(10)12-14/h4-5,14H,2-3H2,1H3,(H2,10,12)(H,11,13). The number of amides is 1. The summed E-state index contributed by atoms with van der Waals surface area (Å²) in [6, 6.07) is 0. The number of nitrogens with zero attached hydrogens (tertiary/aromatic N) is 1. The minimum atomic E-state index is -0.254. The largest absolute Gasteiger partial charge is 0.409 e. The molecule has 0 aromatic carbocycles. The molecule has 0 aliphatic rings. The zero-order valence-corrected chi connectivity index (χ0v) is 9.17. The van der Waals surface area contributed by atoms with Crippen molar-refractivity contribution in [2.75, 3.05) is 0 Å². The first-order valence-electron chi connectivity index (χ1n) is 4.38. The van der Waals surface area contributed by atoms with Gasteiger partial charge in [0, 0.05) is 6.54 Å². The molecule has 0 saturated carbocycles. The van der Waals surface area contributed by atoms with Crippen LogP contribution >= 0.6 is 11.3 Å². The van der Waals surface area contributed by atoms with Gasteiger partial charge in [-0.3, -0.25) is 4.79 Å². The second-order valence-corrected chi connectivity index (χ2v) is 3.87. The van der Waals surface area contributed by atoms with Crippen LogP contribution in [0.15, 0.2) is 15.9 Å². The lowest BCUT2D eigenvalue weighted by molar-refractivity contribution is -0.120. The fourth-order valence-electron chi connectivity index (χ4n) is 1.02. The molecule has 0 saturated heterocycles. The van der Waals surface area contributed by atoms with Crippen molar-refractivity contribution in [3.05, 3.63) is 21.9 Å². The molecule has 6 heteroatoms. The minimum Gasteiger partial charge on any atom is -0.409 e. The van der Waals surface area contributed by atoms with Crippen LogP contribution in [0.4, 0.5) is 0 Å².